The van der Waals surface area contributed by atoms with Crippen molar-refractivity contribution in [1.82, 2.24) is 9.80 Å². The number of ether oxygens (including phenoxy) is 1. The predicted molar refractivity (Wildman–Crippen MR) is 90.1 cm³/mol. The highest BCUT2D eigenvalue weighted by Crippen LogP contribution is 2.25. The summed E-state index contributed by atoms with van der Waals surface area (Å²) in [5.41, 5.74) is 0. The molecule has 2 saturated heterocycles. The molecule has 0 aromatic heterocycles. The lowest BCUT2D eigenvalue weighted by Crippen LogP contribution is -2.40. The van der Waals surface area contributed by atoms with E-state index in [4.69, 9.17) is 4.74 Å². The zero-order valence-corrected chi connectivity index (χ0v) is 14.8. The van der Waals surface area contributed by atoms with Gasteiger partial charge in [-0.3, -0.25) is 9.59 Å². The van der Waals surface area contributed by atoms with Gasteiger partial charge in [-0.25, -0.2) is 0 Å². The highest BCUT2D eigenvalue weighted by molar-refractivity contribution is 5.76. The van der Waals surface area contributed by atoms with Crippen molar-refractivity contribution in [3.8, 4) is 0 Å². The molecule has 132 valence electrons. The van der Waals surface area contributed by atoms with E-state index < -0.39 is 0 Å². The fourth-order valence-electron chi connectivity index (χ4n) is 3.75. The van der Waals surface area contributed by atoms with Gasteiger partial charge in [0.25, 0.3) is 0 Å². The summed E-state index contributed by atoms with van der Waals surface area (Å²) in [4.78, 5) is 27.8. The standard InChI is InChI=1S/C18H32N2O3/c1-15(5-8-18(22)23-2)19-13-9-16(10-14-19)6-7-17(21)20-11-3-4-12-20/h15-16H,3-14H2,1-2H3. The van der Waals surface area contributed by atoms with Gasteiger partial charge in [0.2, 0.25) is 5.91 Å². The highest BCUT2D eigenvalue weighted by atomic mass is 16.5. The zero-order chi connectivity index (χ0) is 16.7. The molecule has 0 N–H and O–H groups in total. The molecule has 0 spiro atoms. The molecule has 0 aromatic carbocycles. The Hall–Kier alpha value is -1.10. The molecule has 2 aliphatic heterocycles. The van der Waals surface area contributed by atoms with Gasteiger partial charge in [-0.05, 0) is 64.5 Å². The Morgan fingerprint density at radius 1 is 1.09 bits per heavy atom. The van der Waals surface area contributed by atoms with Crippen molar-refractivity contribution in [1.29, 1.82) is 0 Å². The van der Waals surface area contributed by atoms with E-state index in [1.807, 2.05) is 4.90 Å². The Kier molecular flexibility index (Phi) is 7.34. The van der Waals surface area contributed by atoms with Crippen molar-refractivity contribution in [3.63, 3.8) is 0 Å². The fraction of sp³-hybridized carbons (Fsp3) is 0.889. The maximum Gasteiger partial charge on any atom is 0.305 e. The minimum absolute atomic E-state index is 0.118. The normalized spacial score (nSPS) is 21.4. The lowest BCUT2D eigenvalue weighted by atomic mass is 9.91. The number of likely N-dealkylation sites (tertiary alicyclic amines) is 2. The number of piperidine rings is 1. The second-order valence-electron chi connectivity index (χ2n) is 7.07. The molecule has 2 aliphatic rings. The molecule has 1 unspecified atom stereocenters. The first kappa shape index (κ1) is 18.2. The molecule has 5 heteroatoms. The van der Waals surface area contributed by atoms with Crippen LogP contribution in [0, 0.1) is 5.92 Å². The maximum absolute atomic E-state index is 12.1. The summed E-state index contributed by atoms with van der Waals surface area (Å²) in [6, 6.07) is 0.432. The molecule has 23 heavy (non-hydrogen) atoms. The van der Waals surface area contributed by atoms with Gasteiger partial charge in [-0.15, -0.1) is 0 Å². The van der Waals surface area contributed by atoms with Crippen molar-refractivity contribution in [3.05, 3.63) is 0 Å². The summed E-state index contributed by atoms with van der Waals surface area (Å²) in [6.07, 6.45) is 7.84. The van der Waals surface area contributed by atoms with Crippen LogP contribution in [0.3, 0.4) is 0 Å². The molecule has 1 amide bonds. The smallest absolute Gasteiger partial charge is 0.305 e. The van der Waals surface area contributed by atoms with Crippen LogP contribution in [0.2, 0.25) is 0 Å². The largest absolute Gasteiger partial charge is 0.469 e. The molecule has 2 heterocycles. The third-order valence-corrected chi connectivity index (χ3v) is 5.49. The van der Waals surface area contributed by atoms with E-state index in [1.165, 1.54) is 32.8 Å². The summed E-state index contributed by atoms with van der Waals surface area (Å²) in [6.45, 7) is 6.31. The average molecular weight is 324 g/mol. The van der Waals surface area contributed by atoms with Gasteiger partial charge < -0.3 is 14.5 Å². The summed E-state index contributed by atoms with van der Waals surface area (Å²) < 4.78 is 4.71. The minimum atomic E-state index is -0.118. The maximum atomic E-state index is 12.1. The molecular formula is C18H32N2O3. The third-order valence-electron chi connectivity index (χ3n) is 5.49. The number of methoxy groups -OCH3 is 1. The van der Waals surface area contributed by atoms with Gasteiger partial charge >= 0.3 is 5.97 Å². The number of hydrogen-bond donors (Lipinski definition) is 0. The van der Waals surface area contributed by atoms with E-state index in [-0.39, 0.29) is 5.97 Å². The van der Waals surface area contributed by atoms with Crippen LogP contribution in [-0.2, 0) is 14.3 Å². The number of hydrogen-bond acceptors (Lipinski definition) is 4. The first-order valence-corrected chi connectivity index (χ1v) is 9.18. The van der Waals surface area contributed by atoms with Crippen LogP contribution in [0.15, 0.2) is 0 Å². The van der Waals surface area contributed by atoms with Gasteiger partial charge in [-0.1, -0.05) is 0 Å². The quantitative estimate of drug-likeness (QED) is 0.675. The second kappa shape index (κ2) is 9.26. The minimum Gasteiger partial charge on any atom is -0.469 e. The number of carbonyl (C=O) groups is 2. The highest BCUT2D eigenvalue weighted by Gasteiger charge is 2.24. The molecule has 0 aliphatic carbocycles. The SMILES string of the molecule is COC(=O)CCC(C)N1CCC(CCC(=O)N2CCCC2)CC1. The molecular weight excluding hydrogens is 292 g/mol. The van der Waals surface area contributed by atoms with Gasteiger partial charge in [-0.2, -0.15) is 0 Å². The van der Waals surface area contributed by atoms with Gasteiger partial charge in [0.05, 0.1) is 7.11 Å². The Morgan fingerprint density at radius 2 is 1.74 bits per heavy atom. The number of nitrogens with zero attached hydrogens (tertiary/aromatic N) is 2. The summed E-state index contributed by atoms with van der Waals surface area (Å²) in [7, 11) is 1.45. The Balaban J connectivity index is 1.61. The summed E-state index contributed by atoms with van der Waals surface area (Å²) in [5, 5.41) is 0. The van der Waals surface area contributed by atoms with Gasteiger partial charge in [0.1, 0.15) is 0 Å². The van der Waals surface area contributed by atoms with Crippen molar-refractivity contribution in [2.75, 3.05) is 33.3 Å². The molecule has 2 rings (SSSR count). The van der Waals surface area contributed by atoms with Crippen LogP contribution >= 0.6 is 0 Å². The van der Waals surface area contributed by atoms with Crippen molar-refractivity contribution in [2.45, 2.75) is 64.3 Å². The zero-order valence-electron chi connectivity index (χ0n) is 14.8. The lowest BCUT2D eigenvalue weighted by Gasteiger charge is -2.36. The Labute approximate surface area is 140 Å². The van der Waals surface area contributed by atoms with Crippen LogP contribution in [0.1, 0.15) is 58.3 Å². The topological polar surface area (TPSA) is 49.9 Å². The Bertz CT molecular complexity index is 386. The molecule has 0 saturated carbocycles. The van der Waals surface area contributed by atoms with E-state index >= 15 is 0 Å². The van der Waals surface area contributed by atoms with E-state index in [2.05, 4.69) is 11.8 Å². The van der Waals surface area contributed by atoms with E-state index in [0.29, 0.717) is 24.3 Å². The van der Waals surface area contributed by atoms with E-state index in [1.54, 1.807) is 0 Å². The van der Waals surface area contributed by atoms with Gasteiger partial charge in [0, 0.05) is 32.0 Å². The number of carbonyl (C=O) groups excluding carboxylic acids is 2. The van der Waals surface area contributed by atoms with Crippen LogP contribution in [0.4, 0.5) is 0 Å². The lowest BCUT2D eigenvalue weighted by molar-refractivity contribution is -0.141. The van der Waals surface area contributed by atoms with Crippen molar-refractivity contribution < 1.29 is 14.3 Å². The third kappa shape index (κ3) is 5.79. The van der Waals surface area contributed by atoms with Crippen LogP contribution in [0.25, 0.3) is 0 Å². The average Bonchev–Trinajstić information content (AvgIpc) is 3.12. The first-order chi connectivity index (χ1) is 11.1. The molecule has 5 nitrogen and oxygen atoms in total. The molecule has 0 radical (unpaired) electrons. The van der Waals surface area contributed by atoms with Crippen LogP contribution < -0.4 is 0 Å². The monoisotopic (exact) mass is 324 g/mol. The van der Waals surface area contributed by atoms with E-state index in [0.717, 1.165) is 45.4 Å². The summed E-state index contributed by atoms with van der Waals surface area (Å²) in [5.74, 6) is 0.925. The molecule has 0 aromatic rings. The van der Waals surface area contributed by atoms with Crippen molar-refractivity contribution >= 4 is 11.9 Å². The van der Waals surface area contributed by atoms with Crippen LogP contribution in [-0.4, -0.2) is 61.0 Å². The number of rotatable bonds is 7. The van der Waals surface area contributed by atoms with Crippen molar-refractivity contribution in [2.24, 2.45) is 5.92 Å². The predicted octanol–water partition coefficient (Wildman–Crippen LogP) is 2.44. The molecule has 1 atom stereocenters. The fourth-order valence-corrected chi connectivity index (χ4v) is 3.75. The molecule has 2 fully saturated rings. The second-order valence-corrected chi connectivity index (χ2v) is 7.07. The number of esters is 1. The van der Waals surface area contributed by atoms with E-state index in [9.17, 15) is 9.59 Å². The Morgan fingerprint density at radius 3 is 2.35 bits per heavy atom. The summed E-state index contributed by atoms with van der Waals surface area (Å²) >= 11 is 0. The van der Waals surface area contributed by atoms with Crippen LogP contribution in [0.5, 0.6) is 0 Å². The first-order valence-electron chi connectivity index (χ1n) is 9.18. The number of amides is 1. The molecule has 0 bridgehead atoms. The van der Waals surface area contributed by atoms with Gasteiger partial charge in [0.15, 0.2) is 0 Å².